The van der Waals surface area contributed by atoms with Crippen LogP contribution in [0.25, 0.3) is 0 Å². The van der Waals surface area contributed by atoms with E-state index in [1.165, 1.54) is 17.0 Å². The van der Waals surface area contributed by atoms with E-state index in [2.05, 4.69) is 11.9 Å². The first-order chi connectivity index (χ1) is 10.4. The Morgan fingerprint density at radius 3 is 2.50 bits per heavy atom. The number of carboxylic acid groups (broad SMARTS) is 1. The van der Waals surface area contributed by atoms with Crippen LogP contribution in [0.4, 0.5) is 0 Å². The molecule has 118 valence electrons. The second-order valence-electron chi connectivity index (χ2n) is 5.01. The molecular weight excluding hydrogens is 284 g/mol. The summed E-state index contributed by atoms with van der Waals surface area (Å²) < 4.78 is 0. The van der Waals surface area contributed by atoms with E-state index >= 15 is 0 Å². The standard InChI is InChI=1S/C16H20N2O4/c1-4-5-9-13(16(21)22)17-14(19)11-7-6-8-12(10-11)15(20)18(2)3/h4,6-8,10,13H,1,5,9H2,2-3H3,(H,17,19)(H,21,22). The lowest BCUT2D eigenvalue weighted by Gasteiger charge is -2.14. The van der Waals surface area contributed by atoms with E-state index in [4.69, 9.17) is 5.11 Å². The quantitative estimate of drug-likeness (QED) is 0.748. The van der Waals surface area contributed by atoms with Crippen molar-refractivity contribution in [1.82, 2.24) is 10.2 Å². The number of allylic oxidation sites excluding steroid dienone is 1. The van der Waals surface area contributed by atoms with Crippen LogP contribution in [0, 0.1) is 0 Å². The molecule has 0 aromatic heterocycles. The molecule has 0 aliphatic carbocycles. The summed E-state index contributed by atoms with van der Waals surface area (Å²) in [7, 11) is 3.23. The normalized spacial score (nSPS) is 11.4. The minimum Gasteiger partial charge on any atom is -0.480 e. The highest BCUT2D eigenvalue weighted by Gasteiger charge is 2.20. The van der Waals surface area contributed by atoms with Crippen molar-refractivity contribution in [2.24, 2.45) is 0 Å². The van der Waals surface area contributed by atoms with Crippen molar-refractivity contribution < 1.29 is 19.5 Å². The summed E-state index contributed by atoms with van der Waals surface area (Å²) in [4.78, 5) is 36.6. The van der Waals surface area contributed by atoms with Crippen molar-refractivity contribution >= 4 is 17.8 Å². The molecule has 2 amide bonds. The fraction of sp³-hybridized carbons (Fsp3) is 0.312. The number of carbonyl (C=O) groups excluding carboxylic acids is 2. The third kappa shape index (κ3) is 4.73. The van der Waals surface area contributed by atoms with Crippen LogP contribution in [-0.4, -0.2) is 47.9 Å². The van der Waals surface area contributed by atoms with Gasteiger partial charge in [-0.25, -0.2) is 4.79 Å². The average Bonchev–Trinajstić information content (AvgIpc) is 2.50. The molecule has 6 heteroatoms. The Kier molecular flexibility index (Phi) is 6.31. The fourth-order valence-electron chi connectivity index (χ4n) is 1.84. The molecule has 1 aromatic carbocycles. The summed E-state index contributed by atoms with van der Waals surface area (Å²) in [6.45, 7) is 3.53. The predicted molar refractivity (Wildman–Crippen MR) is 82.8 cm³/mol. The Hall–Kier alpha value is -2.63. The maximum absolute atomic E-state index is 12.1. The molecule has 6 nitrogen and oxygen atoms in total. The number of rotatable bonds is 7. The molecule has 1 unspecified atom stereocenters. The number of nitrogens with zero attached hydrogens (tertiary/aromatic N) is 1. The van der Waals surface area contributed by atoms with Crippen LogP contribution >= 0.6 is 0 Å². The Balaban J connectivity index is 2.88. The fourth-order valence-corrected chi connectivity index (χ4v) is 1.84. The van der Waals surface area contributed by atoms with Crippen LogP contribution in [0.1, 0.15) is 33.6 Å². The second-order valence-corrected chi connectivity index (χ2v) is 5.01. The third-order valence-electron chi connectivity index (χ3n) is 3.04. The van der Waals surface area contributed by atoms with Crippen LogP contribution in [0.15, 0.2) is 36.9 Å². The molecule has 0 radical (unpaired) electrons. The molecule has 0 saturated heterocycles. The van der Waals surface area contributed by atoms with Gasteiger partial charge in [-0.3, -0.25) is 9.59 Å². The van der Waals surface area contributed by atoms with Gasteiger partial charge in [-0.1, -0.05) is 12.1 Å². The van der Waals surface area contributed by atoms with Gasteiger partial charge in [0, 0.05) is 25.2 Å². The van der Waals surface area contributed by atoms with Gasteiger partial charge in [-0.2, -0.15) is 0 Å². The number of benzene rings is 1. The van der Waals surface area contributed by atoms with Crippen LogP contribution in [0.3, 0.4) is 0 Å². The molecule has 0 fully saturated rings. The lowest BCUT2D eigenvalue weighted by atomic mass is 10.1. The van der Waals surface area contributed by atoms with Gasteiger partial charge >= 0.3 is 5.97 Å². The third-order valence-corrected chi connectivity index (χ3v) is 3.04. The zero-order chi connectivity index (χ0) is 16.7. The second kappa shape index (κ2) is 7.97. The first-order valence-corrected chi connectivity index (χ1v) is 6.83. The van der Waals surface area contributed by atoms with E-state index in [9.17, 15) is 14.4 Å². The highest BCUT2D eigenvalue weighted by molar-refractivity contribution is 6.00. The Morgan fingerprint density at radius 1 is 1.32 bits per heavy atom. The molecule has 2 N–H and O–H groups in total. The molecule has 1 atom stereocenters. The van der Waals surface area contributed by atoms with Gasteiger partial charge in [0.15, 0.2) is 0 Å². The minimum atomic E-state index is -1.10. The highest BCUT2D eigenvalue weighted by Crippen LogP contribution is 2.08. The van der Waals surface area contributed by atoms with Crippen molar-refractivity contribution in [2.45, 2.75) is 18.9 Å². The number of hydrogen-bond donors (Lipinski definition) is 2. The Bertz CT molecular complexity index is 581. The summed E-state index contributed by atoms with van der Waals surface area (Å²) >= 11 is 0. The van der Waals surface area contributed by atoms with Gasteiger partial charge in [-0.05, 0) is 31.0 Å². The molecular formula is C16H20N2O4. The van der Waals surface area contributed by atoms with Crippen molar-refractivity contribution in [3.05, 3.63) is 48.0 Å². The van der Waals surface area contributed by atoms with E-state index in [1.807, 2.05) is 0 Å². The summed E-state index contributed by atoms with van der Waals surface area (Å²) in [5.74, 6) is -1.85. The predicted octanol–water partition coefficient (Wildman–Crippen LogP) is 1.54. The van der Waals surface area contributed by atoms with Gasteiger partial charge < -0.3 is 15.3 Å². The first-order valence-electron chi connectivity index (χ1n) is 6.83. The number of hydrogen-bond acceptors (Lipinski definition) is 3. The summed E-state index contributed by atoms with van der Waals surface area (Å²) in [6.07, 6.45) is 2.34. The van der Waals surface area contributed by atoms with Crippen LogP contribution in [0.2, 0.25) is 0 Å². The molecule has 0 spiro atoms. The van der Waals surface area contributed by atoms with Gasteiger partial charge in [0.05, 0.1) is 0 Å². The lowest BCUT2D eigenvalue weighted by molar-refractivity contribution is -0.139. The van der Waals surface area contributed by atoms with E-state index < -0.39 is 17.9 Å². The monoisotopic (exact) mass is 304 g/mol. The smallest absolute Gasteiger partial charge is 0.326 e. The Labute approximate surface area is 129 Å². The van der Waals surface area contributed by atoms with E-state index in [1.54, 1.807) is 32.3 Å². The maximum atomic E-state index is 12.1. The minimum absolute atomic E-state index is 0.226. The topological polar surface area (TPSA) is 86.7 Å². The molecule has 1 rings (SSSR count). The van der Waals surface area contributed by atoms with Crippen molar-refractivity contribution in [1.29, 1.82) is 0 Å². The van der Waals surface area contributed by atoms with Crippen molar-refractivity contribution in [3.63, 3.8) is 0 Å². The van der Waals surface area contributed by atoms with Gasteiger partial charge in [0.2, 0.25) is 0 Å². The number of carbonyl (C=O) groups is 3. The van der Waals surface area contributed by atoms with Crippen molar-refractivity contribution in [2.75, 3.05) is 14.1 Å². The van der Waals surface area contributed by atoms with Gasteiger partial charge in [0.25, 0.3) is 11.8 Å². The SMILES string of the molecule is C=CCCC(NC(=O)c1cccc(C(=O)N(C)C)c1)C(=O)O. The van der Waals surface area contributed by atoms with Crippen LogP contribution in [0.5, 0.6) is 0 Å². The summed E-state index contributed by atoms with van der Waals surface area (Å²) in [5, 5.41) is 11.6. The average molecular weight is 304 g/mol. The number of amides is 2. The van der Waals surface area contributed by atoms with E-state index in [-0.39, 0.29) is 17.9 Å². The molecule has 0 aliphatic heterocycles. The molecule has 1 aromatic rings. The van der Waals surface area contributed by atoms with Crippen LogP contribution < -0.4 is 5.32 Å². The molecule has 0 bridgehead atoms. The Morgan fingerprint density at radius 2 is 1.95 bits per heavy atom. The molecule has 0 heterocycles. The van der Waals surface area contributed by atoms with E-state index in [0.29, 0.717) is 12.0 Å². The van der Waals surface area contributed by atoms with Crippen LogP contribution in [-0.2, 0) is 4.79 Å². The van der Waals surface area contributed by atoms with Gasteiger partial charge in [0.1, 0.15) is 6.04 Å². The number of nitrogens with one attached hydrogen (secondary N) is 1. The van der Waals surface area contributed by atoms with Gasteiger partial charge in [-0.15, -0.1) is 6.58 Å². The first kappa shape index (κ1) is 17.4. The van der Waals surface area contributed by atoms with Crippen molar-refractivity contribution in [3.8, 4) is 0 Å². The van der Waals surface area contributed by atoms with E-state index in [0.717, 1.165) is 0 Å². The lowest BCUT2D eigenvalue weighted by Crippen LogP contribution is -2.40. The summed E-state index contributed by atoms with van der Waals surface area (Å²) in [6, 6.07) is 5.19. The zero-order valence-electron chi connectivity index (χ0n) is 12.7. The number of aliphatic carboxylic acids is 1. The molecule has 0 aliphatic rings. The largest absolute Gasteiger partial charge is 0.480 e. The highest BCUT2D eigenvalue weighted by atomic mass is 16.4. The molecule has 0 saturated carbocycles. The number of carboxylic acids is 1. The maximum Gasteiger partial charge on any atom is 0.326 e. The zero-order valence-corrected chi connectivity index (χ0v) is 12.7. The summed E-state index contributed by atoms with van der Waals surface area (Å²) in [5.41, 5.74) is 0.619. The molecule has 22 heavy (non-hydrogen) atoms.